The van der Waals surface area contributed by atoms with Gasteiger partial charge in [-0.25, -0.2) is 4.68 Å². The van der Waals surface area contributed by atoms with Crippen molar-refractivity contribution in [1.82, 2.24) is 20.0 Å². The van der Waals surface area contributed by atoms with Gasteiger partial charge in [-0.3, -0.25) is 4.98 Å². The molecule has 5 nitrogen and oxygen atoms in total. The first kappa shape index (κ1) is 12.5. The molecule has 0 fully saturated rings. The number of hydrogen-bond donors (Lipinski definition) is 1. The molecule has 1 unspecified atom stereocenters. The maximum atomic E-state index is 6.34. The summed E-state index contributed by atoms with van der Waals surface area (Å²) in [5.74, 6) is 0. The molecule has 3 aromatic rings. The van der Waals surface area contributed by atoms with Crippen LogP contribution in [0, 0.1) is 6.92 Å². The molecule has 0 saturated carbocycles. The van der Waals surface area contributed by atoms with Gasteiger partial charge in [0.15, 0.2) is 0 Å². The van der Waals surface area contributed by atoms with Crippen LogP contribution in [0.5, 0.6) is 0 Å². The summed E-state index contributed by atoms with van der Waals surface area (Å²) in [6, 6.07) is 13.4. The van der Waals surface area contributed by atoms with Crippen LogP contribution in [0.25, 0.3) is 5.69 Å². The summed E-state index contributed by atoms with van der Waals surface area (Å²) in [5.41, 5.74) is 10.1. The number of aryl methyl sites for hydroxylation is 1. The Hall–Kier alpha value is -2.53. The smallest absolute Gasteiger partial charge is 0.0858 e. The van der Waals surface area contributed by atoms with Crippen LogP contribution < -0.4 is 5.73 Å². The van der Waals surface area contributed by atoms with E-state index in [0.29, 0.717) is 0 Å². The van der Waals surface area contributed by atoms with E-state index in [1.165, 1.54) is 0 Å². The van der Waals surface area contributed by atoms with E-state index in [0.717, 1.165) is 22.6 Å². The number of nitrogens with zero attached hydrogens (tertiary/aromatic N) is 4. The highest BCUT2D eigenvalue weighted by molar-refractivity contribution is 5.35. The Balaban J connectivity index is 2.02. The van der Waals surface area contributed by atoms with E-state index in [2.05, 4.69) is 15.3 Å². The van der Waals surface area contributed by atoms with Gasteiger partial charge in [0.25, 0.3) is 0 Å². The Kier molecular flexibility index (Phi) is 3.26. The highest BCUT2D eigenvalue weighted by Gasteiger charge is 2.16. The third-order valence-electron chi connectivity index (χ3n) is 3.17. The molecule has 2 heterocycles. The Bertz CT molecular complexity index is 705. The maximum Gasteiger partial charge on any atom is 0.0858 e. The second-order valence-electron chi connectivity index (χ2n) is 4.61. The third kappa shape index (κ3) is 2.31. The van der Waals surface area contributed by atoms with Crippen LogP contribution in [0.3, 0.4) is 0 Å². The summed E-state index contributed by atoms with van der Waals surface area (Å²) in [4.78, 5) is 4.19. The monoisotopic (exact) mass is 265 g/mol. The number of nitrogens with two attached hydrogens (primary N) is 1. The average molecular weight is 265 g/mol. The van der Waals surface area contributed by atoms with Crippen LogP contribution in [0.1, 0.15) is 23.0 Å². The summed E-state index contributed by atoms with van der Waals surface area (Å²) in [7, 11) is 0. The minimum Gasteiger partial charge on any atom is -0.319 e. The molecule has 0 bridgehead atoms. The number of pyridine rings is 1. The van der Waals surface area contributed by atoms with Crippen molar-refractivity contribution >= 4 is 0 Å². The van der Waals surface area contributed by atoms with Crippen molar-refractivity contribution < 1.29 is 0 Å². The van der Waals surface area contributed by atoms with Crippen molar-refractivity contribution in [2.24, 2.45) is 5.73 Å². The molecule has 20 heavy (non-hydrogen) atoms. The molecule has 0 aliphatic carbocycles. The van der Waals surface area contributed by atoms with Gasteiger partial charge >= 0.3 is 0 Å². The van der Waals surface area contributed by atoms with Gasteiger partial charge in [0, 0.05) is 11.9 Å². The first-order chi connectivity index (χ1) is 9.75. The molecule has 1 aromatic carbocycles. The normalized spacial score (nSPS) is 12.3. The van der Waals surface area contributed by atoms with Crippen molar-refractivity contribution in [3.63, 3.8) is 0 Å². The molecule has 5 heteroatoms. The number of aromatic nitrogens is 4. The largest absolute Gasteiger partial charge is 0.319 e. The lowest BCUT2D eigenvalue weighted by Gasteiger charge is -2.14. The minimum atomic E-state index is -0.285. The Morgan fingerprint density at radius 1 is 1.15 bits per heavy atom. The van der Waals surface area contributed by atoms with Gasteiger partial charge in [-0.15, -0.1) is 5.10 Å². The molecule has 1 atom stereocenters. The zero-order valence-corrected chi connectivity index (χ0v) is 11.1. The van der Waals surface area contributed by atoms with Crippen molar-refractivity contribution in [3.8, 4) is 5.69 Å². The van der Waals surface area contributed by atoms with Crippen molar-refractivity contribution in [1.29, 1.82) is 0 Å². The Morgan fingerprint density at radius 2 is 1.95 bits per heavy atom. The second-order valence-corrected chi connectivity index (χ2v) is 4.61. The first-order valence-electron chi connectivity index (χ1n) is 6.40. The highest BCUT2D eigenvalue weighted by atomic mass is 15.4. The average Bonchev–Trinajstić information content (AvgIpc) is 2.97. The molecule has 0 saturated heterocycles. The van der Waals surface area contributed by atoms with Crippen LogP contribution in [-0.4, -0.2) is 20.0 Å². The molecule has 2 aromatic heterocycles. The van der Waals surface area contributed by atoms with Gasteiger partial charge in [-0.1, -0.05) is 23.4 Å². The summed E-state index contributed by atoms with van der Waals surface area (Å²) in [6.45, 7) is 1.95. The molecule has 0 radical (unpaired) electrons. The SMILES string of the molecule is Cc1cc(C(N)c2cnnn2-c2ccccc2)ccn1. The van der Waals surface area contributed by atoms with Crippen LogP contribution in [0.2, 0.25) is 0 Å². The van der Waals surface area contributed by atoms with E-state index < -0.39 is 0 Å². The summed E-state index contributed by atoms with van der Waals surface area (Å²) in [5, 5.41) is 8.11. The summed E-state index contributed by atoms with van der Waals surface area (Å²) >= 11 is 0. The zero-order valence-electron chi connectivity index (χ0n) is 11.1. The molecule has 2 N–H and O–H groups in total. The fourth-order valence-electron chi connectivity index (χ4n) is 2.16. The predicted octanol–water partition coefficient (Wildman–Crippen LogP) is 2.02. The van der Waals surface area contributed by atoms with Crippen molar-refractivity contribution in [3.05, 3.63) is 71.8 Å². The molecule has 0 spiro atoms. The molecule has 0 aliphatic heterocycles. The topological polar surface area (TPSA) is 69.6 Å². The van der Waals surface area contributed by atoms with Crippen molar-refractivity contribution in [2.45, 2.75) is 13.0 Å². The van der Waals surface area contributed by atoms with E-state index >= 15 is 0 Å². The predicted molar refractivity (Wildman–Crippen MR) is 76.4 cm³/mol. The fourth-order valence-corrected chi connectivity index (χ4v) is 2.16. The zero-order chi connectivity index (χ0) is 13.9. The van der Waals surface area contributed by atoms with Gasteiger partial charge in [0.1, 0.15) is 0 Å². The molecule has 0 amide bonds. The lowest BCUT2D eigenvalue weighted by molar-refractivity contribution is 0.718. The van der Waals surface area contributed by atoms with Gasteiger partial charge in [-0.2, -0.15) is 0 Å². The quantitative estimate of drug-likeness (QED) is 0.786. The fraction of sp³-hybridized carbons (Fsp3) is 0.133. The van der Waals surface area contributed by atoms with E-state index in [9.17, 15) is 0 Å². The Morgan fingerprint density at radius 3 is 2.70 bits per heavy atom. The highest BCUT2D eigenvalue weighted by Crippen LogP contribution is 2.21. The van der Waals surface area contributed by atoms with E-state index in [-0.39, 0.29) is 6.04 Å². The number of benzene rings is 1. The van der Waals surface area contributed by atoms with Gasteiger partial charge in [0.2, 0.25) is 0 Å². The van der Waals surface area contributed by atoms with Crippen LogP contribution in [-0.2, 0) is 0 Å². The standard InChI is InChI=1S/C15H15N5/c1-11-9-12(7-8-17-11)15(16)14-10-18-19-20(14)13-5-3-2-4-6-13/h2-10,15H,16H2,1H3. The maximum absolute atomic E-state index is 6.34. The lowest BCUT2D eigenvalue weighted by Crippen LogP contribution is -2.17. The van der Waals surface area contributed by atoms with E-state index in [4.69, 9.17) is 5.73 Å². The van der Waals surface area contributed by atoms with E-state index in [1.807, 2.05) is 49.4 Å². The molecule has 100 valence electrons. The number of para-hydroxylation sites is 1. The van der Waals surface area contributed by atoms with Crippen molar-refractivity contribution in [2.75, 3.05) is 0 Å². The summed E-state index contributed by atoms with van der Waals surface area (Å²) in [6.07, 6.45) is 3.47. The van der Waals surface area contributed by atoms with E-state index in [1.54, 1.807) is 17.1 Å². The Labute approximate surface area is 117 Å². The van der Waals surface area contributed by atoms with Crippen LogP contribution in [0.15, 0.2) is 54.9 Å². The lowest BCUT2D eigenvalue weighted by atomic mass is 10.1. The first-order valence-corrected chi connectivity index (χ1v) is 6.40. The van der Waals surface area contributed by atoms with Gasteiger partial charge in [0.05, 0.1) is 23.6 Å². The molecular weight excluding hydrogens is 250 g/mol. The summed E-state index contributed by atoms with van der Waals surface area (Å²) < 4.78 is 1.76. The third-order valence-corrected chi connectivity index (χ3v) is 3.17. The number of rotatable bonds is 3. The number of hydrogen-bond acceptors (Lipinski definition) is 4. The second kappa shape index (κ2) is 5.22. The molecule has 0 aliphatic rings. The minimum absolute atomic E-state index is 0.285. The van der Waals surface area contributed by atoms with Gasteiger partial charge < -0.3 is 5.73 Å². The molecule has 3 rings (SSSR count). The molecular formula is C15H15N5. The van der Waals surface area contributed by atoms with Crippen LogP contribution in [0.4, 0.5) is 0 Å². The van der Waals surface area contributed by atoms with Crippen LogP contribution >= 0.6 is 0 Å². The van der Waals surface area contributed by atoms with Gasteiger partial charge in [-0.05, 0) is 36.8 Å².